The number of nitrogens with one attached hydrogen (secondary N) is 2. The Labute approximate surface area is 156 Å². The number of amides is 2. The fourth-order valence-electron chi connectivity index (χ4n) is 2.28. The quantitative estimate of drug-likeness (QED) is 0.627. The minimum absolute atomic E-state index is 0.0194. The molecule has 26 heavy (non-hydrogen) atoms. The molecule has 1 rings (SSSR count). The normalized spacial score (nSPS) is 12.8. The number of carbonyl (C=O) groups excluding carboxylic acids is 2. The van der Waals surface area contributed by atoms with Crippen LogP contribution in [-0.2, 0) is 15.1 Å². The Morgan fingerprint density at radius 3 is 2.19 bits per heavy atom. The fourth-order valence-corrected chi connectivity index (χ4v) is 2.28. The van der Waals surface area contributed by atoms with Crippen LogP contribution in [0.15, 0.2) is 24.3 Å². The van der Waals surface area contributed by atoms with Crippen LogP contribution in [0.25, 0.3) is 0 Å². The molecule has 4 N–H and O–H groups in total. The largest absolute Gasteiger partial charge is 0.493 e. The lowest BCUT2D eigenvalue weighted by Crippen LogP contribution is -2.50. The second-order valence-electron chi connectivity index (χ2n) is 7.89. The first-order valence-corrected chi connectivity index (χ1v) is 9.10. The van der Waals surface area contributed by atoms with Crippen LogP contribution in [0.4, 0.5) is 0 Å². The van der Waals surface area contributed by atoms with E-state index in [1.165, 1.54) is 0 Å². The van der Waals surface area contributed by atoms with Crippen molar-refractivity contribution in [3.05, 3.63) is 29.8 Å². The molecule has 0 saturated carbocycles. The highest BCUT2D eigenvalue weighted by Crippen LogP contribution is 2.23. The molecule has 0 aliphatic rings. The summed E-state index contributed by atoms with van der Waals surface area (Å²) in [7, 11) is 0. The lowest BCUT2D eigenvalue weighted by atomic mass is 9.94. The first-order chi connectivity index (χ1) is 12.0. The van der Waals surface area contributed by atoms with Crippen molar-refractivity contribution >= 4 is 11.8 Å². The zero-order valence-corrected chi connectivity index (χ0v) is 16.8. The minimum Gasteiger partial charge on any atom is -0.493 e. The van der Waals surface area contributed by atoms with Gasteiger partial charge in [-0.15, -0.1) is 0 Å². The van der Waals surface area contributed by atoms with E-state index in [0.29, 0.717) is 12.5 Å². The summed E-state index contributed by atoms with van der Waals surface area (Å²) >= 11 is 0. The SMILES string of the molecule is CC(C)COc1ccc(C(C)(C)NC(=O)CNC(=O)[C@@H](N)C(C)C)cc1. The van der Waals surface area contributed by atoms with Crippen molar-refractivity contribution in [2.24, 2.45) is 17.6 Å². The molecule has 6 nitrogen and oxygen atoms in total. The Morgan fingerprint density at radius 2 is 1.69 bits per heavy atom. The number of hydrogen-bond acceptors (Lipinski definition) is 4. The van der Waals surface area contributed by atoms with Crippen LogP contribution in [0.5, 0.6) is 5.75 Å². The van der Waals surface area contributed by atoms with E-state index < -0.39 is 11.6 Å². The predicted octanol–water partition coefficient (Wildman–Crippen LogP) is 2.17. The summed E-state index contributed by atoms with van der Waals surface area (Å²) < 4.78 is 5.68. The van der Waals surface area contributed by atoms with Gasteiger partial charge in [-0.3, -0.25) is 9.59 Å². The Hall–Kier alpha value is -2.08. The summed E-state index contributed by atoms with van der Waals surface area (Å²) in [6.07, 6.45) is 0. The van der Waals surface area contributed by atoms with Crippen molar-refractivity contribution < 1.29 is 14.3 Å². The van der Waals surface area contributed by atoms with E-state index in [2.05, 4.69) is 24.5 Å². The minimum atomic E-state index is -0.616. The maximum atomic E-state index is 12.2. The summed E-state index contributed by atoms with van der Waals surface area (Å²) in [5, 5.41) is 5.51. The number of hydrogen-bond donors (Lipinski definition) is 3. The van der Waals surface area contributed by atoms with Gasteiger partial charge in [-0.25, -0.2) is 0 Å². The summed E-state index contributed by atoms with van der Waals surface area (Å²) in [5.74, 6) is 0.703. The molecule has 0 saturated heterocycles. The zero-order chi connectivity index (χ0) is 19.9. The zero-order valence-electron chi connectivity index (χ0n) is 16.8. The van der Waals surface area contributed by atoms with E-state index in [9.17, 15) is 9.59 Å². The van der Waals surface area contributed by atoms with Crippen LogP contribution >= 0.6 is 0 Å². The van der Waals surface area contributed by atoms with Gasteiger partial charge in [0.1, 0.15) is 5.75 Å². The van der Waals surface area contributed by atoms with Gasteiger partial charge in [0.2, 0.25) is 11.8 Å². The predicted molar refractivity (Wildman–Crippen MR) is 104 cm³/mol. The van der Waals surface area contributed by atoms with Gasteiger partial charge < -0.3 is 21.1 Å². The van der Waals surface area contributed by atoms with E-state index in [-0.39, 0.29) is 24.3 Å². The van der Waals surface area contributed by atoms with Crippen molar-refractivity contribution in [2.45, 2.75) is 53.1 Å². The highest BCUT2D eigenvalue weighted by molar-refractivity contribution is 5.87. The summed E-state index contributed by atoms with van der Waals surface area (Å²) in [6.45, 7) is 12.3. The summed E-state index contributed by atoms with van der Waals surface area (Å²) in [4.78, 5) is 24.0. The third-order valence-corrected chi connectivity index (χ3v) is 4.06. The second-order valence-corrected chi connectivity index (χ2v) is 7.89. The van der Waals surface area contributed by atoms with Gasteiger partial charge in [-0.1, -0.05) is 39.8 Å². The van der Waals surface area contributed by atoms with Gasteiger partial charge in [-0.05, 0) is 43.4 Å². The van der Waals surface area contributed by atoms with Crippen molar-refractivity contribution in [2.75, 3.05) is 13.2 Å². The molecule has 1 aromatic rings. The molecule has 0 aliphatic heterocycles. The average molecular weight is 364 g/mol. The van der Waals surface area contributed by atoms with E-state index >= 15 is 0 Å². The molecule has 0 unspecified atom stereocenters. The van der Waals surface area contributed by atoms with Gasteiger partial charge in [0.15, 0.2) is 0 Å². The standard InChI is InChI=1S/C20H33N3O3/c1-13(2)12-26-16-9-7-15(8-10-16)20(5,6)23-17(24)11-22-19(25)18(21)14(3)4/h7-10,13-14,18H,11-12,21H2,1-6H3,(H,22,25)(H,23,24)/t18-/m0/s1. The number of ether oxygens (including phenoxy) is 1. The van der Waals surface area contributed by atoms with Crippen LogP contribution in [0.3, 0.4) is 0 Å². The van der Waals surface area contributed by atoms with Gasteiger partial charge in [0.05, 0.1) is 24.7 Å². The van der Waals surface area contributed by atoms with Crippen LogP contribution in [0.2, 0.25) is 0 Å². The molecule has 2 amide bonds. The fraction of sp³-hybridized carbons (Fsp3) is 0.600. The average Bonchev–Trinajstić information content (AvgIpc) is 2.57. The summed E-state index contributed by atoms with van der Waals surface area (Å²) in [5.41, 5.74) is 6.15. The molecule has 6 heteroatoms. The van der Waals surface area contributed by atoms with Crippen LogP contribution in [0.1, 0.15) is 47.1 Å². The highest BCUT2D eigenvalue weighted by atomic mass is 16.5. The van der Waals surface area contributed by atoms with Crippen molar-refractivity contribution in [1.82, 2.24) is 10.6 Å². The van der Waals surface area contributed by atoms with Crippen LogP contribution < -0.4 is 21.1 Å². The Morgan fingerprint density at radius 1 is 1.12 bits per heavy atom. The molecule has 1 atom stereocenters. The first kappa shape index (κ1) is 22.0. The maximum Gasteiger partial charge on any atom is 0.240 e. The third-order valence-electron chi connectivity index (χ3n) is 4.06. The van der Waals surface area contributed by atoms with Gasteiger partial charge in [0.25, 0.3) is 0 Å². The maximum absolute atomic E-state index is 12.2. The Balaban J connectivity index is 2.59. The Kier molecular flexibility index (Phi) is 8.08. The van der Waals surface area contributed by atoms with Gasteiger partial charge in [-0.2, -0.15) is 0 Å². The summed E-state index contributed by atoms with van der Waals surface area (Å²) in [6, 6.07) is 7.05. The highest BCUT2D eigenvalue weighted by Gasteiger charge is 2.24. The van der Waals surface area contributed by atoms with E-state index in [1.54, 1.807) is 0 Å². The number of carbonyl (C=O) groups is 2. The lowest BCUT2D eigenvalue weighted by molar-refractivity contribution is -0.128. The number of nitrogens with two attached hydrogens (primary N) is 1. The molecule has 0 radical (unpaired) electrons. The van der Waals surface area contributed by atoms with E-state index in [0.717, 1.165) is 11.3 Å². The number of benzene rings is 1. The third kappa shape index (κ3) is 7.04. The topological polar surface area (TPSA) is 93.5 Å². The van der Waals surface area contributed by atoms with Crippen molar-refractivity contribution in [1.29, 1.82) is 0 Å². The molecule has 0 heterocycles. The van der Waals surface area contributed by atoms with Crippen molar-refractivity contribution in [3.8, 4) is 5.75 Å². The molecular formula is C20H33N3O3. The smallest absolute Gasteiger partial charge is 0.240 e. The molecule has 0 bridgehead atoms. The monoisotopic (exact) mass is 363 g/mol. The van der Waals surface area contributed by atoms with E-state index in [4.69, 9.17) is 10.5 Å². The molecule has 146 valence electrons. The van der Waals surface area contributed by atoms with Crippen LogP contribution in [-0.4, -0.2) is 31.0 Å². The van der Waals surface area contributed by atoms with E-state index in [1.807, 2.05) is 52.0 Å². The Bertz CT molecular complexity index is 595. The second kappa shape index (κ2) is 9.57. The van der Waals surface area contributed by atoms with Gasteiger partial charge in [0, 0.05) is 0 Å². The van der Waals surface area contributed by atoms with Crippen molar-refractivity contribution in [3.63, 3.8) is 0 Å². The molecule has 0 aromatic heterocycles. The molecule has 0 fully saturated rings. The first-order valence-electron chi connectivity index (χ1n) is 9.10. The van der Waals surface area contributed by atoms with Crippen LogP contribution in [0, 0.1) is 11.8 Å². The lowest BCUT2D eigenvalue weighted by Gasteiger charge is -2.27. The number of rotatable bonds is 9. The van der Waals surface area contributed by atoms with Gasteiger partial charge >= 0.3 is 0 Å². The molecular weight excluding hydrogens is 330 g/mol. The molecule has 0 spiro atoms. The molecule has 1 aromatic carbocycles. The molecule has 0 aliphatic carbocycles.